The number of aliphatic carboxylic acids is 1. The molecule has 0 unspecified atom stereocenters. The summed E-state index contributed by atoms with van der Waals surface area (Å²) in [7, 11) is 0. The molecule has 6 nitrogen and oxygen atoms in total. The summed E-state index contributed by atoms with van der Waals surface area (Å²) in [5.74, 6) is -0.436. The lowest BCUT2D eigenvalue weighted by molar-refractivity contribution is -0.154. The predicted molar refractivity (Wildman–Crippen MR) is 82.6 cm³/mol. The summed E-state index contributed by atoms with van der Waals surface area (Å²) in [6.45, 7) is 0.725. The zero-order valence-electron chi connectivity index (χ0n) is 12.9. The molecular weight excluding hydrogens is 298 g/mol. The molecule has 0 radical (unpaired) electrons. The maximum atomic E-state index is 12.5. The van der Waals surface area contributed by atoms with Crippen LogP contribution in [-0.2, 0) is 9.53 Å². The Morgan fingerprint density at radius 1 is 1.17 bits per heavy atom. The molecule has 1 heterocycles. The quantitative estimate of drug-likeness (QED) is 0.918. The van der Waals surface area contributed by atoms with Gasteiger partial charge in [-0.05, 0) is 49.9 Å². The van der Waals surface area contributed by atoms with E-state index in [1.54, 1.807) is 24.3 Å². The molecule has 1 aromatic carbocycles. The Kier molecular flexibility index (Phi) is 4.81. The van der Waals surface area contributed by atoms with Crippen LogP contribution >= 0.6 is 0 Å². The summed E-state index contributed by atoms with van der Waals surface area (Å²) in [5.41, 5.74) is 0.537. The minimum absolute atomic E-state index is 0.0779. The standard InChI is InChI=1S/C17H21NO5/c19-16(18-9-10-22-15(11-18)17(20)21)12-5-7-14(8-6-12)23-13-3-1-2-4-13/h5-8,13,15H,1-4,9-11H2,(H,20,21)/t15-/m0/s1. The van der Waals surface area contributed by atoms with Crippen molar-refractivity contribution < 1.29 is 24.2 Å². The second-order valence-electron chi connectivity index (χ2n) is 6.00. The molecule has 6 heteroatoms. The number of carbonyl (C=O) groups excluding carboxylic acids is 1. The molecular formula is C17H21NO5. The van der Waals surface area contributed by atoms with Crippen molar-refractivity contribution in [3.63, 3.8) is 0 Å². The topological polar surface area (TPSA) is 76.1 Å². The molecule has 0 aromatic heterocycles. The Bertz CT molecular complexity index is 565. The molecule has 2 fully saturated rings. The molecule has 1 atom stereocenters. The van der Waals surface area contributed by atoms with E-state index in [1.807, 2.05) is 0 Å². The van der Waals surface area contributed by atoms with E-state index in [2.05, 4.69) is 0 Å². The summed E-state index contributed by atoms with van der Waals surface area (Å²) >= 11 is 0. The molecule has 1 aliphatic carbocycles. The van der Waals surface area contributed by atoms with Crippen LogP contribution in [0, 0.1) is 0 Å². The minimum atomic E-state index is -1.04. The molecule has 124 valence electrons. The second-order valence-corrected chi connectivity index (χ2v) is 6.00. The second kappa shape index (κ2) is 7.00. The largest absolute Gasteiger partial charge is 0.490 e. The number of rotatable bonds is 4. The van der Waals surface area contributed by atoms with E-state index in [9.17, 15) is 9.59 Å². The predicted octanol–water partition coefficient (Wildman–Crippen LogP) is 1.93. The van der Waals surface area contributed by atoms with E-state index >= 15 is 0 Å². The van der Waals surface area contributed by atoms with Gasteiger partial charge in [-0.2, -0.15) is 0 Å². The monoisotopic (exact) mass is 319 g/mol. The Hall–Kier alpha value is -2.08. The summed E-state index contributed by atoms with van der Waals surface area (Å²) in [6, 6.07) is 7.08. The highest BCUT2D eigenvalue weighted by molar-refractivity contribution is 5.94. The first-order chi connectivity index (χ1) is 11.1. The first kappa shape index (κ1) is 15.8. The number of benzene rings is 1. The third kappa shape index (κ3) is 3.82. The SMILES string of the molecule is O=C(O)[C@@H]1CN(C(=O)c2ccc(OC3CCCC3)cc2)CCO1. The fourth-order valence-electron chi connectivity index (χ4n) is 3.04. The van der Waals surface area contributed by atoms with Crippen molar-refractivity contribution in [3.05, 3.63) is 29.8 Å². The van der Waals surface area contributed by atoms with Gasteiger partial charge in [0, 0.05) is 12.1 Å². The van der Waals surface area contributed by atoms with Gasteiger partial charge in [0.05, 0.1) is 19.3 Å². The summed E-state index contributed by atoms with van der Waals surface area (Å²) in [4.78, 5) is 25.0. The van der Waals surface area contributed by atoms with Gasteiger partial charge in [-0.25, -0.2) is 4.79 Å². The highest BCUT2D eigenvalue weighted by Gasteiger charge is 2.29. The maximum Gasteiger partial charge on any atom is 0.334 e. The van der Waals surface area contributed by atoms with Crippen molar-refractivity contribution in [2.75, 3.05) is 19.7 Å². The first-order valence-electron chi connectivity index (χ1n) is 8.04. The normalized spacial score (nSPS) is 22.1. The number of hydrogen-bond acceptors (Lipinski definition) is 4. The van der Waals surface area contributed by atoms with E-state index in [0.717, 1.165) is 18.6 Å². The van der Waals surface area contributed by atoms with Crippen LogP contribution in [-0.4, -0.2) is 53.8 Å². The third-order valence-corrected chi connectivity index (χ3v) is 4.34. The van der Waals surface area contributed by atoms with Crippen molar-refractivity contribution in [2.24, 2.45) is 0 Å². The molecule has 1 aliphatic heterocycles. The lowest BCUT2D eigenvalue weighted by atomic mass is 10.1. The smallest absolute Gasteiger partial charge is 0.334 e. The highest BCUT2D eigenvalue weighted by Crippen LogP contribution is 2.24. The van der Waals surface area contributed by atoms with Gasteiger partial charge in [0.25, 0.3) is 5.91 Å². The van der Waals surface area contributed by atoms with Crippen molar-refractivity contribution >= 4 is 11.9 Å². The Morgan fingerprint density at radius 2 is 1.87 bits per heavy atom. The average molecular weight is 319 g/mol. The molecule has 3 rings (SSSR count). The number of amides is 1. The van der Waals surface area contributed by atoms with Gasteiger partial charge >= 0.3 is 5.97 Å². The van der Waals surface area contributed by atoms with Gasteiger partial charge in [-0.1, -0.05) is 0 Å². The summed E-state index contributed by atoms with van der Waals surface area (Å²) < 4.78 is 11.0. The van der Waals surface area contributed by atoms with Gasteiger partial charge in [0.15, 0.2) is 6.10 Å². The summed E-state index contributed by atoms with van der Waals surface area (Å²) in [5, 5.41) is 9.00. The third-order valence-electron chi connectivity index (χ3n) is 4.34. The first-order valence-corrected chi connectivity index (χ1v) is 8.04. The summed E-state index contributed by atoms with van der Waals surface area (Å²) in [6.07, 6.45) is 3.94. The van der Waals surface area contributed by atoms with Crippen LogP contribution in [0.25, 0.3) is 0 Å². The molecule has 1 saturated carbocycles. The number of morpholine rings is 1. The van der Waals surface area contributed by atoms with Gasteiger partial charge in [0.2, 0.25) is 0 Å². The Balaban J connectivity index is 1.61. The Labute approximate surface area is 135 Å². The van der Waals surface area contributed by atoms with Crippen LogP contribution in [0.5, 0.6) is 5.75 Å². The molecule has 1 amide bonds. The van der Waals surface area contributed by atoms with Gasteiger partial charge in [0.1, 0.15) is 5.75 Å². The number of ether oxygens (including phenoxy) is 2. The van der Waals surface area contributed by atoms with Crippen LogP contribution in [0.3, 0.4) is 0 Å². The number of nitrogens with zero attached hydrogens (tertiary/aromatic N) is 1. The van der Waals surface area contributed by atoms with E-state index in [4.69, 9.17) is 14.6 Å². The lowest BCUT2D eigenvalue weighted by Gasteiger charge is -2.31. The molecule has 23 heavy (non-hydrogen) atoms. The van der Waals surface area contributed by atoms with Gasteiger partial charge < -0.3 is 19.5 Å². The van der Waals surface area contributed by atoms with Gasteiger partial charge in [-0.3, -0.25) is 4.79 Å². The van der Waals surface area contributed by atoms with Crippen LogP contribution in [0.15, 0.2) is 24.3 Å². The average Bonchev–Trinajstić information content (AvgIpc) is 3.08. The highest BCUT2D eigenvalue weighted by atomic mass is 16.5. The Morgan fingerprint density at radius 3 is 2.52 bits per heavy atom. The van der Waals surface area contributed by atoms with Crippen molar-refractivity contribution in [1.29, 1.82) is 0 Å². The van der Waals surface area contributed by atoms with Crippen molar-refractivity contribution in [3.8, 4) is 5.75 Å². The van der Waals surface area contributed by atoms with E-state index in [0.29, 0.717) is 12.1 Å². The zero-order chi connectivity index (χ0) is 16.2. The number of carboxylic acids is 1. The van der Waals surface area contributed by atoms with Crippen molar-refractivity contribution in [1.82, 2.24) is 4.90 Å². The molecule has 1 aromatic rings. The number of carboxylic acid groups (broad SMARTS) is 1. The lowest BCUT2D eigenvalue weighted by Crippen LogP contribution is -2.48. The molecule has 2 aliphatic rings. The number of hydrogen-bond donors (Lipinski definition) is 1. The van der Waals surface area contributed by atoms with E-state index in [1.165, 1.54) is 17.7 Å². The molecule has 1 N–H and O–H groups in total. The van der Waals surface area contributed by atoms with Crippen molar-refractivity contribution in [2.45, 2.75) is 37.9 Å². The fraction of sp³-hybridized carbons (Fsp3) is 0.529. The van der Waals surface area contributed by atoms with E-state index < -0.39 is 12.1 Å². The minimum Gasteiger partial charge on any atom is -0.490 e. The van der Waals surface area contributed by atoms with Crippen LogP contribution in [0.2, 0.25) is 0 Å². The van der Waals surface area contributed by atoms with Gasteiger partial charge in [-0.15, -0.1) is 0 Å². The zero-order valence-corrected chi connectivity index (χ0v) is 12.9. The van der Waals surface area contributed by atoms with E-state index in [-0.39, 0.29) is 25.2 Å². The van der Waals surface area contributed by atoms with Crippen LogP contribution < -0.4 is 4.74 Å². The fourth-order valence-corrected chi connectivity index (χ4v) is 3.04. The van der Waals surface area contributed by atoms with Crippen LogP contribution in [0.1, 0.15) is 36.0 Å². The number of carbonyl (C=O) groups is 2. The molecule has 0 spiro atoms. The molecule has 1 saturated heterocycles. The maximum absolute atomic E-state index is 12.5. The molecule has 0 bridgehead atoms. The van der Waals surface area contributed by atoms with Crippen LogP contribution in [0.4, 0.5) is 0 Å².